The van der Waals surface area contributed by atoms with E-state index in [-0.39, 0.29) is 16.8 Å². The van der Waals surface area contributed by atoms with Crippen molar-refractivity contribution < 1.29 is 13.2 Å². The van der Waals surface area contributed by atoms with E-state index in [1.54, 1.807) is 18.2 Å². The van der Waals surface area contributed by atoms with Crippen molar-refractivity contribution in [2.45, 2.75) is 68.2 Å². The van der Waals surface area contributed by atoms with Crippen LogP contribution in [0.25, 0.3) is 0 Å². The first-order valence-electron chi connectivity index (χ1n) is 10.5. The SMILES string of the molecule is Cc1ccc(S(=O)(=O)Nc2ccc(C3(C(=O)NC4CCCCC4)CC3)cc2)cc1Cl. The zero-order valence-corrected chi connectivity index (χ0v) is 18.7. The van der Waals surface area contributed by atoms with Crippen LogP contribution in [0.1, 0.15) is 56.1 Å². The van der Waals surface area contributed by atoms with Crippen LogP contribution in [0.2, 0.25) is 5.02 Å². The lowest BCUT2D eigenvalue weighted by Gasteiger charge is -2.25. The number of anilines is 1. The van der Waals surface area contributed by atoms with Gasteiger partial charge in [-0.25, -0.2) is 8.42 Å². The van der Waals surface area contributed by atoms with E-state index in [9.17, 15) is 13.2 Å². The Morgan fingerprint density at radius 2 is 1.70 bits per heavy atom. The molecule has 2 fully saturated rings. The summed E-state index contributed by atoms with van der Waals surface area (Å²) in [5.41, 5.74) is 1.76. The molecule has 0 unspecified atom stereocenters. The third-order valence-electron chi connectivity index (χ3n) is 6.27. The van der Waals surface area contributed by atoms with Crippen LogP contribution in [-0.4, -0.2) is 20.4 Å². The standard InChI is InChI=1S/C23H27ClN2O3S/c1-16-7-12-20(15-21(16)24)30(28,29)26-19-10-8-17(9-11-19)23(13-14-23)22(27)25-18-5-3-2-4-6-18/h7-12,15,18,26H,2-6,13-14H2,1H3,(H,25,27). The minimum absolute atomic E-state index is 0.108. The fourth-order valence-corrected chi connectivity index (χ4v) is 5.48. The number of sulfonamides is 1. The van der Waals surface area contributed by atoms with Crippen LogP contribution in [0.3, 0.4) is 0 Å². The van der Waals surface area contributed by atoms with E-state index < -0.39 is 15.4 Å². The second-order valence-corrected chi connectivity index (χ2v) is 10.6. The Balaban J connectivity index is 1.46. The molecule has 5 nitrogen and oxygen atoms in total. The van der Waals surface area contributed by atoms with Gasteiger partial charge >= 0.3 is 0 Å². The van der Waals surface area contributed by atoms with Crippen molar-refractivity contribution in [3.05, 3.63) is 58.6 Å². The van der Waals surface area contributed by atoms with Crippen molar-refractivity contribution in [3.63, 3.8) is 0 Å². The van der Waals surface area contributed by atoms with Gasteiger partial charge in [0.2, 0.25) is 5.91 Å². The third kappa shape index (κ3) is 4.35. The Bertz CT molecular complexity index is 1040. The smallest absolute Gasteiger partial charge is 0.261 e. The molecule has 0 aromatic heterocycles. The number of nitrogens with one attached hydrogen (secondary N) is 2. The average molecular weight is 447 g/mol. The quantitative estimate of drug-likeness (QED) is 0.660. The van der Waals surface area contributed by atoms with Crippen molar-refractivity contribution in [1.82, 2.24) is 5.32 Å². The van der Waals surface area contributed by atoms with Gasteiger partial charge in [0.05, 0.1) is 10.3 Å². The number of hydrogen-bond acceptors (Lipinski definition) is 3. The van der Waals surface area contributed by atoms with Gasteiger partial charge in [0.25, 0.3) is 10.0 Å². The van der Waals surface area contributed by atoms with E-state index in [4.69, 9.17) is 11.6 Å². The maximum atomic E-state index is 12.9. The zero-order valence-electron chi connectivity index (χ0n) is 17.1. The molecule has 2 aliphatic rings. The molecule has 0 saturated heterocycles. The van der Waals surface area contributed by atoms with E-state index in [1.165, 1.54) is 31.4 Å². The molecule has 0 atom stereocenters. The molecular formula is C23H27ClN2O3S. The van der Waals surface area contributed by atoms with E-state index in [2.05, 4.69) is 10.0 Å². The monoisotopic (exact) mass is 446 g/mol. The van der Waals surface area contributed by atoms with Crippen LogP contribution in [0, 0.1) is 6.92 Å². The normalized spacial score (nSPS) is 18.6. The molecule has 2 aromatic rings. The first-order chi connectivity index (χ1) is 14.3. The predicted octanol–water partition coefficient (Wildman–Crippen LogP) is 4.93. The second-order valence-electron chi connectivity index (χ2n) is 8.48. The summed E-state index contributed by atoms with van der Waals surface area (Å²) in [5, 5.41) is 3.65. The van der Waals surface area contributed by atoms with Gasteiger partial charge < -0.3 is 5.32 Å². The van der Waals surface area contributed by atoms with Gasteiger partial charge in [-0.15, -0.1) is 0 Å². The molecule has 2 saturated carbocycles. The number of aryl methyl sites for hydroxylation is 1. The number of carbonyl (C=O) groups excluding carboxylic acids is 1. The molecular weight excluding hydrogens is 420 g/mol. The molecule has 30 heavy (non-hydrogen) atoms. The summed E-state index contributed by atoms with van der Waals surface area (Å²) >= 11 is 6.07. The maximum Gasteiger partial charge on any atom is 0.261 e. The lowest BCUT2D eigenvalue weighted by Crippen LogP contribution is -2.42. The number of halogens is 1. The van der Waals surface area contributed by atoms with Crippen molar-refractivity contribution in [2.75, 3.05) is 4.72 Å². The van der Waals surface area contributed by atoms with Crippen LogP contribution < -0.4 is 10.0 Å². The van der Waals surface area contributed by atoms with Crippen molar-refractivity contribution in [3.8, 4) is 0 Å². The Kier molecular flexibility index (Phi) is 5.82. The summed E-state index contributed by atoms with van der Waals surface area (Å²) in [4.78, 5) is 13.0. The molecule has 4 rings (SSSR count). The number of hydrogen-bond donors (Lipinski definition) is 2. The molecule has 0 aliphatic heterocycles. The molecule has 0 spiro atoms. The first-order valence-corrected chi connectivity index (χ1v) is 12.4. The second kappa shape index (κ2) is 8.23. The predicted molar refractivity (Wildman–Crippen MR) is 119 cm³/mol. The van der Waals surface area contributed by atoms with Gasteiger partial charge in [-0.1, -0.05) is 49.1 Å². The van der Waals surface area contributed by atoms with Crippen molar-refractivity contribution >= 4 is 33.2 Å². The molecule has 2 N–H and O–H groups in total. The van der Waals surface area contributed by atoms with Gasteiger partial charge in [0, 0.05) is 16.8 Å². The Morgan fingerprint density at radius 3 is 2.30 bits per heavy atom. The molecule has 0 radical (unpaired) electrons. The summed E-state index contributed by atoms with van der Waals surface area (Å²) < 4.78 is 27.9. The van der Waals surface area contributed by atoms with Gasteiger partial charge in [0.15, 0.2) is 0 Å². The van der Waals surface area contributed by atoms with Gasteiger partial charge in [0.1, 0.15) is 0 Å². The molecule has 0 heterocycles. The van der Waals surface area contributed by atoms with Crippen LogP contribution in [0.5, 0.6) is 0 Å². The molecule has 2 aromatic carbocycles. The lowest BCUT2D eigenvalue weighted by molar-refractivity contribution is -0.124. The highest BCUT2D eigenvalue weighted by molar-refractivity contribution is 7.92. The number of carbonyl (C=O) groups is 1. The Morgan fingerprint density at radius 1 is 1.03 bits per heavy atom. The highest BCUT2D eigenvalue weighted by atomic mass is 35.5. The van der Waals surface area contributed by atoms with Crippen LogP contribution in [0.4, 0.5) is 5.69 Å². The highest BCUT2D eigenvalue weighted by Crippen LogP contribution is 2.49. The van der Waals surface area contributed by atoms with Crippen LogP contribution in [-0.2, 0) is 20.2 Å². The minimum atomic E-state index is -3.73. The van der Waals surface area contributed by atoms with Crippen molar-refractivity contribution in [2.24, 2.45) is 0 Å². The number of rotatable bonds is 6. The number of amides is 1. The zero-order chi connectivity index (χ0) is 21.4. The van der Waals surface area contributed by atoms with Gasteiger partial charge in [-0.3, -0.25) is 9.52 Å². The van der Waals surface area contributed by atoms with Crippen LogP contribution >= 0.6 is 11.6 Å². The fourth-order valence-electron chi connectivity index (χ4n) is 4.15. The summed E-state index contributed by atoms with van der Waals surface area (Å²) in [6.45, 7) is 1.82. The Hall–Kier alpha value is -2.05. The van der Waals surface area contributed by atoms with Gasteiger partial charge in [-0.2, -0.15) is 0 Å². The topological polar surface area (TPSA) is 75.3 Å². The largest absolute Gasteiger partial charge is 0.353 e. The Labute approximate surface area is 183 Å². The highest BCUT2D eigenvalue weighted by Gasteiger charge is 2.51. The fraction of sp³-hybridized carbons (Fsp3) is 0.435. The summed E-state index contributed by atoms with van der Waals surface area (Å²) in [6.07, 6.45) is 7.40. The average Bonchev–Trinajstić information content (AvgIpc) is 3.53. The van der Waals surface area contributed by atoms with E-state index in [1.807, 2.05) is 19.1 Å². The van der Waals surface area contributed by atoms with E-state index >= 15 is 0 Å². The first kappa shape index (κ1) is 21.2. The summed E-state index contributed by atoms with van der Waals surface area (Å²) in [5.74, 6) is 0.108. The lowest BCUT2D eigenvalue weighted by atomic mass is 9.91. The number of benzene rings is 2. The molecule has 1 amide bonds. The molecule has 7 heteroatoms. The summed E-state index contributed by atoms with van der Waals surface area (Å²) in [7, 11) is -3.73. The molecule has 0 bridgehead atoms. The van der Waals surface area contributed by atoms with Crippen molar-refractivity contribution in [1.29, 1.82) is 0 Å². The van der Waals surface area contributed by atoms with Crippen LogP contribution in [0.15, 0.2) is 47.4 Å². The van der Waals surface area contributed by atoms with E-state index in [0.717, 1.165) is 36.8 Å². The third-order valence-corrected chi connectivity index (χ3v) is 8.05. The molecule has 160 valence electrons. The minimum Gasteiger partial charge on any atom is -0.353 e. The summed E-state index contributed by atoms with van der Waals surface area (Å²) in [6, 6.07) is 12.1. The molecule has 2 aliphatic carbocycles. The van der Waals surface area contributed by atoms with Gasteiger partial charge in [-0.05, 0) is 68.0 Å². The maximum absolute atomic E-state index is 12.9. The van der Waals surface area contributed by atoms with E-state index in [0.29, 0.717) is 10.7 Å².